The zero-order chi connectivity index (χ0) is 32.1. The van der Waals surface area contributed by atoms with Gasteiger partial charge in [0.05, 0.1) is 30.7 Å². The number of hydrogen-bond donors (Lipinski definition) is 3. The van der Waals surface area contributed by atoms with Gasteiger partial charge in [0.15, 0.2) is 5.78 Å². The van der Waals surface area contributed by atoms with Crippen molar-refractivity contribution in [1.82, 2.24) is 0 Å². The predicted molar refractivity (Wildman–Crippen MR) is 151 cm³/mol. The zero-order valence-electron chi connectivity index (χ0n) is 26.1. The quantitative estimate of drug-likeness (QED) is 0.416. The second kappa shape index (κ2) is 10.2. The fraction of sp³-hybridized carbons (Fsp3) is 0.758. The summed E-state index contributed by atoms with van der Waals surface area (Å²) in [4.78, 5) is 54.1. The van der Waals surface area contributed by atoms with Crippen molar-refractivity contribution >= 4 is 23.5 Å². The average molecular weight is 617 g/mol. The molecule has 11 heteroatoms. The van der Waals surface area contributed by atoms with Crippen LogP contribution in [0.25, 0.3) is 0 Å². The van der Waals surface area contributed by atoms with Gasteiger partial charge in [0.25, 0.3) is 0 Å². The van der Waals surface area contributed by atoms with Gasteiger partial charge < -0.3 is 33.9 Å². The van der Waals surface area contributed by atoms with E-state index in [-0.39, 0.29) is 31.5 Å². The van der Waals surface area contributed by atoms with E-state index in [4.69, 9.17) is 18.6 Å². The number of Topliss-reactive ketones (excluding diaryl/α,β-unsaturated/α-hetero) is 2. The van der Waals surface area contributed by atoms with Crippen molar-refractivity contribution in [2.75, 3.05) is 0 Å². The van der Waals surface area contributed by atoms with Crippen molar-refractivity contribution in [2.45, 2.75) is 116 Å². The summed E-state index contributed by atoms with van der Waals surface area (Å²) in [6.45, 7) is 9.99. The lowest BCUT2D eigenvalue weighted by atomic mass is 9.34. The number of furan rings is 1. The molecule has 14 atom stereocenters. The molecule has 5 fully saturated rings. The van der Waals surface area contributed by atoms with Crippen molar-refractivity contribution in [3.05, 3.63) is 24.2 Å². The van der Waals surface area contributed by atoms with Crippen LogP contribution in [0.2, 0.25) is 0 Å². The molecule has 1 aromatic rings. The second-order valence-electron chi connectivity index (χ2n) is 14.6. The third-order valence-electron chi connectivity index (χ3n) is 12.7. The van der Waals surface area contributed by atoms with E-state index >= 15 is 0 Å². The Balaban J connectivity index is 1.52. The van der Waals surface area contributed by atoms with Gasteiger partial charge in [-0.25, -0.2) is 0 Å². The monoisotopic (exact) mass is 616 g/mol. The molecule has 2 bridgehead atoms. The van der Waals surface area contributed by atoms with Crippen LogP contribution >= 0.6 is 0 Å². The lowest BCUT2D eigenvalue weighted by Crippen LogP contribution is -2.80. The molecule has 2 heterocycles. The Morgan fingerprint density at radius 2 is 1.75 bits per heavy atom. The van der Waals surface area contributed by atoms with Crippen LogP contribution < -0.4 is 0 Å². The van der Waals surface area contributed by atoms with Crippen LogP contribution in [0.5, 0.6) is 0 Å². The number of ether oxygens (including phenoxy) is 3. The number of aliphatic hydroxyl groups is 3. The van der Waals surface area contributed by atoms with E-state index in [1.807, 2.05) is 6.92 Å². The minimum absolute atomic E-state index is 0.0317. The van der Waals surface area contributed by atoms with Crippen LogP contribution in [0.15, 0.2) is 23.0 Å². The number of aliphatic hydroxyl groups excluding tert-OH is 3. The summed E-state index contributed by atoms with van der Waals surface area (Å²) in [6, 6.07) is 1.73. The Morgan fingerprint density at radius 3 is 2.36 bits per heavy atom. The maximum absolute atomic E-state index is 14.8. The Hall–Kier alpha value is -2.60. The minimum Gasteiger partial charge on any atom is -0.472 e. The lowest BCUT2D eigenvalue weighted by molar-refractivity contribution is -0.373. The van der Waals surface area contributed by atoms with E-state index in [2.05, 4.69) is 0 Å². The van der Waals surface area contributed by atoms with Gasteiger partial charge in [-0.15, -0.1) is 0 Å². The second-order valence-corrected chi connectivity index (χ2v) is 14.6. The molecule has 1 aliphatic heterocycles. The zero-order valence-corrected chi connectivity index (χ0v) is 26.1. The minimum atomic E-state index is -1.59. The normalized spacial score (nSPS) is 48.5. The lowest BCUT2D eigenvalue weighted by Gasteiger charge is -2.72. The molecule has 1 aromatic heterocycles. The topological polar surface area (TPSA) is 170 Å². The standard InChI is InChI=1S/C33H44O11/c1-7-15(2)29(40)43-24-13-33-20(32(6,44-24)23(12-22(33)37)42-16(3)34)11-21(36)31(5)26-19(35)10-18(17-8-9-41-14-17)30(26,4)28(39)25(38)27(31)33/h8-9,14-15,18,20-24,26-28,36-37,39H,7,10-13H2,1-6H3/t15?,18-,20-,21+,22-,23+,24-,26+,27-,28-,30-,31-,32+,33+/m0/s1. The van der Waals surface area contributed by atoms with Gasteiger partial charge in [0.2, 0.25) is 6.29 Å². The molecule has 1 saturated heterocycles. The van der Waals surface area contributed by atoms with Gasteiger partial charge in [-0.1, -0.05) is 27.7 Å². The van der Waals surface area contributed by atoms with Crippen LogP contribution in [0.4, 0.5) is 0 Å². The van der Waals surface area contributed by atoms with E-state index in [1.165, 1.54) is 19.5 Å². The van der Waals surface area contributed by atoms with Crippen LogP contribution in [-0.4, -0.2) is 75.1 Å². The maximum Gasteiger partial charge on any atom is 0.310 e. The summed E-state index contributed by atoms with van der Waals surface area (Å²) < 4.78 is 23.3. The van der Waals surface area contributed by atoms with E-state index in [0.717, 1.165) is 0 Å². The molecule has 3 N–H and O–H groups in total. The summed E-state index contributed by atoms with van der Waals surface area (Å²) >= 11 is 0. The molecule has 11 nitrogen and oxygen atoms in total. The molecule has 0 aromatic carbocycles. The van der Waals surface area contributed by atoms with Crippen LogP contribution in [0.1, 0.15) is 85.1 Å². The Bertz CT molecular complexity index is 1360. The molecule has 242 valence electrons. The highest BCUT2D eigenvalue weighted by Gasteiger charge is 2.81. The number of fused-ring (bicyclic) bond motifs is 3. The number of ketones is 2. The highest BCUT2D eigenvalue weighted by molar-refractivity contribution is 5.96. The summed E-state index contributed by atoms with van der Waals surface area (Å²) in [5.41, 5.74) is -4.67. The van der Waals surface area contributed by atoms with Crippen LogP contribution in [-0.2, 0) is 33.4 Å². The molecule has 4 aliphatic carbocycles. The van der Waals surface area contributed by atoms with Gasteiger partial charge in [0.1, 0.15) is 23.6 Å². The molecule has 1 unspecified atom stereocenters. The Labute approximate surface area is 256 Å². The van der Waals surface area contributed by atoms with E-state index in [1.54, 1.807) is 33.8 Å². The fourth-order valence-electron chi connectivity index (χ4n) is 10.6. The summed E-state index contributed by atoms with van der Waals surface area (Å²) in [7, 11) is 0. The van der Waals surface area contributed by atoms with E-state index < -0.39 is 99.9 Å². The summed E-state index contributed by atoms with van der Waals surface area (Å²) in [5.74, 6) is -5.67. The first-order valence-corrected chi connectivity index (χ1v) is 15.8. The van der Waals surface area contributed by atoms with Gasteiger partial charge in [-0.05, 0) is 31.4 Å². The number of hydrogen-bond acceptors (Lipinski definition) is 11. The molecule has 6 rings (SSSR count). The molecule has 0 radical (unpaired) electrons. The first-order valence-electron chi connectivity index (χ1n) is 15.8. The number of carbonyl (C=O) groups excluding carboxylic acids is 4. The van der Waals surface area contributed by atoms with Crippen molar-refractivity contribution in [2.24, 2.45) is 39.9 Å². The fourth-order valence-corrected chi connectivity index (χ4v) is 10.6. The number of rotatable bonds is 5. The van der Waals surface area contributed by atoms with Crippen LogP contribution in [0, 0.1) is 39.9 Å². The predicted octanol–water partition coefficient (Wildman–Crippen LogP) is 2.68. The van der Waals surface area contributed by atoms with Gasteiger partial charge >= 0.3 is 11.9 Å². The van der Waals surface area contributed by atoms with E-state index in [9.17, 15) is 34.5 Å². The van der Waals surface area contributed by atoms with Crippen LogP contribution in [0.3, 0.4) is 0 Å². The third-order valence-corrected chi connectivity index (χ3v) is 12.7. The Morgan fingerprint density at radius 1 is 1.05 bits per heavy atom. The molecular weight excluding hydrogens is 572 g/mol. The molecule has 5 aliphatic rings. The number of esters is 2. The van der Waals surface area contributed by atoms with Gasteiger partial charge in [0, 0.05) is 66.1 Å². The largest absolute Gasteiger partial charge is 0.472 e. The highest BCUT2D eigenvalue weighted by atomic mass is 16.7. The molecule has 0 spiro atoms. The van der Waals surface area contributed by atoms with Gasteiger partial charge in [-0.3, -0.25) is 19.2 Å². The summed E-state index contributed by atoms with van der Waals surface area (Å²) in [6.07, 6.45) is -2.78. The smallest absolute Gasteiger partial charge is 0.310 e. The number of carbonyl (C=O) groups is 4. The van der Waals surface area contributed by atoms with Gasteiger partial charge in [-0.2, -0.15) is 0 Å². The SMILES string of the molecule is CCC(C)C(=O)O[C@@H]1C[C@]23[C@@H](O)C[C@@H](OC(C)=O)[C@](C)(O1)[C@@H]2C[C@@H](O)[C@@]1(C)[C@@H]2C(=O)C[C@@H](c4ccoc4)[C@]2(C)[C@@H](O)C(=O)[C@@H]13. The third kappa shape index (κ3) is 3.88. The summed E-state index contributed by atoms with van der Waals surface area (Å²) in [5, 5.41) is 36.2. The molecule has 44 heavy (non-hydrogen) atoms. The molecule has 0 amide bonds. The molecular formula is C33H44O11. The first kappa shape index (κ1) is 31.4. The van der Waals surface area contributed by atoms with Crippen molar-refractivity contribution in [3.63, 3.8) is 0 Å². The molecule has 4 saturated carbocycles. The highest BCUT2D eigenvalue weighted by Crippen LogP contribution is 2.75. The average Bonchev–Trinajstić information content (AvgIpc) is 3.57. The van der Waals surface area contributed by atoms with Crippen molar-refractivity contribution < 1.29 is 53.1 Å². The van der Waals surface area contributed by atoms with Crippen molar-refractivity contribution in [3.8, 4) is 0 Å². The van der Waals surface area contributed by atoms with Crippen molar-refractivity contribution in [1.29, 1.82) is 0 Å². The first-order chi connectivity index (χ1) is 20.6. The maximum atomic E-state index is 14.8. The Kier molecular flexibility index (Phi) is 7.28. The van der Waals surface area contributed by atoms with E-state index in [0.29, 0.717) is 12.0 Å².